The second kappa shape index (κ2) is 8.52. The monoisotopic (exact) mass is 466 g/mol. The second-order valence-electron chi connectivity index (χ2n) is 9.60. The molecule has 2 N–H and O–H groups in total. The number of aromatic amines is 1. The van der Waals surface area contributed by atoms with Gasteiger partial charge in [0.1, 0.15) is 17.6 Å². The number of amides is 2. The fourth-order valence-corrected chi connectivity index (χ4v) is 3.96. The average molecular weight is 467 g/mol. The summed E-state index contributed by atoms with van der Waals surface area (Å²) < 4.78 is 16.2. The van der Waals surface area contributed by atoms with Gasteiger partial charge in [-0.15, -0.1) is 0 Å². The van der Waals surface area contributed by atoms with Crippen LogP contribution < -0.4 is 5.32 Å². The smallest absolute Gasteiger partial charge is 0.255 e. The van der Waals surface area contributed by atoms with E-state index in [0.717, 1.165) is 5.56 Å². The Hall–Kier alpha value is -3.81. The lowest BCUT2D eigenvalue weighted by Gasteiger charge is -2.33. The van der Waals surface area contributed by atoms with Gasteiger partial charge < -0.3 is 15.2 Å². The van der Waals surface area contributed by atoms with E-state index in [-0.39, 0.29) is 25.1 Å². The Kier molecular flexibility index (Phi) is 5.85. The number of carbonyl (C=O) groups is 2. The third-order valence-corrected chi connectivity index (χ3v) is 6.00. The fourth-order valence-electron chi connectivity index (χ4n) is 3.96. The van der Waals surface area contributed by atoms with Crippen LogP contribution in [0.15, 0.2) is 24.8 Å². The van der Waals surface area contributed by atoms with Gasteiger partial charge in [0.15, 0.2) is 5.65 Å². The molecule has 3 aromatic rings. The molecule has 2 amide bonds. The van der Waals surface area contributed by atoms with Crippen LogP contribution in [0.25, 0.3) is 22.4 Å². The molecule has 1 aliphatic heterocycles. The Labute approximate surface area is 196 Å². The van der Waals surface area contributed by atoms with Crippen molar-refractivity contribution in [3.8, 4) is 17.3 Å². The fraction of sp³-hybridized carbons (Fsp3) is 0.478. The molecule has 0 bridgehead atoms. The first-order valence-electron chi connectivity index (χ1n) is 11.1. The van der Waals surface area contributed by atoms with E-state index in [0.29, 0.717) is 23.4 Å². The van der Waals surface area contributed by atoms with Crippen LogP contribution >= 0.6 is 0 Å². The average Bonchev–Trinajstić information content (AvgIpc) is 3.54. The van der Waals surface area contributed by atoms with Gasteiger partial charge in [0, 0.05) is 37.5 Å². The lowest BCUT2D eigenvalue weighted by molar-refractivity contribution is -0.135. The molecule has 1 aliphatic rings. The molecule has 0 saturated carbocycles. The number of fused-ring (bicyclic) bond motifs is 1. The number of likely N-dealkylation sites (tertiary alicyclic amines) is 1. The standard InChI is InChI=1S/C23H27FN8O2/c1-5-32-11-14(8-28-32)16-10-27-19-17(29-16)15(9-26-19)20(33)30-18(22(2,3)4)21(34)31-7-6-23(24,12-25)13-31/h8-11,18H,5-7,13H2,1-4H3,(H,26,27)(H,30,33)/t18-,23?/m0/s1. The van der Waals surface area contributed by atoms with Crippen LogP contribution in [0.4, 0.5) is 4.39 Å². The molecule has 2 atom stereocenters. The molecule has 11 heteroatoms. The van der Waals surface area contributed by atoms with Gasteiger partial charge in [-0.25, -0.2) is 14.4 Å². The molecule has 4 rings (SSSR count). The van der Waals surface area contributed by atoms with Crippen molar-refractivity contribution in [2.24, 2.45) is 5.41 Å². The molecule has 0 aliphatic carbocycles. The van der Waals surface area contributed by atoms with Gasteiger partial charge in [-0.2, -0.15) is 10.4 Å². The van der Waals surface area contributed by atoms with Crippen molar-refractivity contribution >= 4 is 23.0 Å². The summed E-state index contributed by atoms with van der Waals surface area (Å²) in [4.78, 5) is 39.7. The topological polar surface area (TPSA) is 133 Å². The Bertz CT molecular complexity index is 1280. The molecular formula is C23H27FN8O2. The van der Waals surface area contributed by atoms with E-state index in [2.05, 4.69) is 25.4 Å². The van der Waals surface area contributed by atoms with Crippen molar-refractivity contribution < 1.29 is 14.0 Å². The van der Waals surface area contributed by atoms with Crippen LogP contribution in [0.5, 0.6) is 0 Å². The number of alkyl halides is 1. The van der Waals surface area contributed by atoms with E-state index in [1.165, 1.54) is 11.1 Å². The maximum absolute atomic E-state index is 14.4. The molecule has 1 unspecified atom stereocenters. The van der Waals surface area contributed by atoms with E-state index in [4.69, 9.17) is 5.26 Å². The molecule has 0 radical (unpaired) electrons. The number of rotatable bonds is 5. The third-order valence-electron chi connectivity index (χ3n) is 6.00. The van der Waals surface area contributed by atoms with Crippen molar-refractivity contribution in [3.63, 3.8) is 0 Å². The van der Waals surface area contributed by atoms with Crippen molar-refractivity contribution in [3.05, 3.63) is 30.4 Å². The summed E-state index contributed by atoms with van der Waals surface area (Å²) in [5.41, 5.74) is -0.328. The number of aromatic nitrogens is 5. The summed E-state index contributed by atoms with van der Waals surface area (Å²) in [6, 6.07) is 0.711. The molecule has 10 nitrogen and oxygen atoms in total. The van der Waals surface area contributed by atoms with E-state index < -0.39 is 28.9 Å². The molecular weight excluding hydrogens is 439 g/mol. The summed E-state index contributed by atoms with van der Waals surface area (Å²) in [7, 11) is 0. The predicted octanol–water partition coefficient (Wildman–Crippen LogP) is 2.45. The van der Waals surface area contributed by atoms with Crippen LogP contribution in [0, 0.1) is 16.7 Å². The third kappa shape index (κ3) is 4.35. The van der Waals surface area contributed by atoms with Gasteiger partial charge in [-0.3, -0.25) is 14.3 Å². The number of nitriles is 1. The zero-order valence-corrected chi connectivity index (χ0v) is 19.6. The van der Waals surface area contributed by atoms with Crippen molar-refractivity contribution in [2.45, 2.75) is 52.4 Å². The highest BCUT2D eigenvalue weighted by atomic mass is 19.1. The summed E-state index contributed by atoms with van der Waals surface area (Å²) in [6.45, 7) is 7.96. The largest absolute Gasteiger partial charge is 0.344 e. The highest BCUT2D eigenvalue weighted by Gasteiger charge is 2.44. The van der Waals surface area contributed by atoms with Gasteiger partial charge in [0.05, 0.1) is 30.2 Å². The number of hydrogen-bond donors (Lipinski definition) is 2. The van der Waals surface area contributed by atoms with Gasteiger partial charge in [-0.1, -0.05) is 20.8 Å². The quantitative estimate of drug-likeness (QED) is 0.594. The van der Waals surface area contributed by atoms with Crippen molar-refractivity contribution in [1.82, 2.24) is 34.9 Å². The van der Waals surface area contributed by atoms with E-state index in [9.17, 15) is 14.0 Å². The first-order valence-corrected chi connectivity index (χ1v) is 11.1. The first kappa shape index (κ1) is 23.4. The minimum absolute atomic E-state index is 0.0462. The summed E-state index contributed by atoms with van der Waals surface area (Å²) in [5, 5.41) is 16.1. The number of H-pyrrole nitrogens is 1. The van der Waals surface area contributed by atoms with Crippen LogP contribution in [0.1, 0.15) is 44.5 Å². The van der Waals surface area contributed by atoms with Gasteiger partial charge >= 0.3 is 0 Å². The minimum Gasteiger partial charge on any atom is -0.344 e. The lowest BCUT2D eigenvalue weighted by Crippen LogP contribution is -2.54. The van der Waals surface area contributed by atoms with Crippen molar-refractivity contribution in [2.75, 3.05) is 13.1 Å². The van der Waals surface area contributed by atoms with Crippen LogP contribution in [0.2, 0.25) is 0 Å². The van der Waals surface area contributed by atoms with Gasteiger partial charge in [-0.05, 0) is 12.3 Å². The number of nitrogens with one attached hydrogen (secondary N) is 2. The van der Waals surface area contributed by atoms with E-state index in [1.807, 2.05) is 33.9 Å². The van der Waals surface area contributed by atoms with Gasteiger partial charge in [0.2, 0.25) is 11.6 Å². The molecule has 4 heterocycles. The molecule has 34 heavy (non-hydrogen) atoms. The molecule has 1 fully saturated rings. The maximum Gasteiger partial charge on any atom is 0.255 e. The molecule has 0 aromatic carbocycles. The maximum atomic E-state index is 14.4. The normalized spacial score (nSPS) is 19.2. The van der Waals surface area contributed by atoms with Gasteiger partial charge in [0.25, 0.3) is 5.91 Å². The molecule has 178 valence electrons. The van der Waals surface area contributed by atoms with E-state index in [1.54, 1.807) is 23.1 Å². The van der Waals surface area contributed by atoms with Crippen LogP contribution in [-0.4, -0.2) is 66.2 Å². The first-order chi connectivity index (χ1) is 16.0. The molecule has 3 aromatic heterocycles. The number of aryl methyl sites for hydroxylation is 1. The highest BCUT2D eigenvalue weighted by molar-refractivity contribution is 6.06. The van der Waals surface area contributed by atoms with E-state index >= 15 is 0 Å². The zero-order chi connectivity index (χ0) is 24.7. The number of carbonyl (C=O) groups excluding carboxylic acids is 2. The summed E-state index contributed by atoms with van der Waals surface area (Å²) in [6.07, 6.45) is 6.59. The summed E-state index contributed by atoms with van der Waals surface area (Å²) in [5.74, 6) is -0.921. The lowest BCUT2D eigenvalue weighted by atomic mass is 9.85. The number of halogens is 1. The Balaban J connectivity index is 1.60. The number of nitrogens with zero attached hydrogens (tertiary/aromatic N) is 6. The van der Waals surface area contributed by atoms with Crippen LogP contribution in [0.3, 0.4) is 0 Å². The Morgan fingerprint density at radius 1 is 1.38 bits per heavy atom. The Morgan fingerprint density at radius 2 is 2.15 bits per heavy atom. The highest BCUT2D eigenvalue weighted by Crippen LogP contribution is 2.29. The SMILES string of the molecule is CCn1cc(-c2cnc3[nH]cc(C(=O)N[C@@H](C(=O)N4CCC(F)(C#N)C4)C(C)(C)C)c3n2)cn1. The molecule has 0 spiro atoms. The van der Waals surface area contributed by atoms with Crippen LogP contribution in [-0.2, 0) is 11.3 Å². The number of hydrogen-bond acceptors (Lipinski definition) is 6. The summed E-state index contributed by atoms with van der Waals surface area (Å²) >= 11 is 0. The Morgan fingerprint density at radius 3 is 2.76 bits per heavy atom. The zero-order valence-electron chi connectivity index (χ0n) is 19.6. The predicted molar refractivity (Wildman–Crippen MR) is 122 cm³/mol. The second-order valence-corrected chi connectivity index (χ2v) is 9.60. The minimum atomic E-state index is -2.06. The van der Waals surface area contributed by atoms with Crippen molar-refractivity contribution in [1.29, 1.82) is 5.26 Å². The molecule has 1 saturated heterocycles.